The van der Waals surface area contributed by atoms with E-state index in [9.17, 15) is 9.90 Å². The van der Waals surface area contributed by atoms with E-state index in [2.05, 4.69) is 37.6 Å². The van der Waals surface area contributed by atoms with Gasteiger partial charge in [-0.1, -0.05) is 19.9 Å². The van der Waals surface area contributed by atoms with Crippen molar-refractivity contribution in [2.75, 3.05) is 26.2 Å². The highest BCUT2D eigenvalue weighted by Crippen LogP contribution is 2.22. The lowest BCUT2D eigenvalue weighted by Gasteiger charge is -2.35. The summed E-state index contributed by atoms with van der Waals surface area (Å²) in [6, 6.07) is 10.3. The fourth-order valence-electron chi connectivity index (χ4n) is 3.79. The van der Waals surface area contributed by atoms with E-state index in [1.165, 1.54) is 11.4 Å². The van der Waals surface area contributed by atoms with E-state index in [0.717, 1.165) is 55.7 Å². The van der Waals surface area contributed by atoms with E-state index in [0.29, 0.717) is 5.76 Å². The molecule has 0 atom stereocenters. The highest BCUT2D eigenvalue weighted by Gasteiger charge is 2.17. The first-order valence-corrected chi connectivity index (χ1v) is 11.4. The molecule has 2 N–H and O–H groups in total. The number of pyridine rings is 1. The quantitative estimate of drug-likeness (QED) is 0.574. The van der Waals surface area contributed by atoms with Crippen molar-refractivity contribution in [1.29, 1.82) is 0 Å². The van der Waals surface area contributed by atoms with Gasteiger partial charge in [-0.3, -0.25) is 4.79 Å². The SMILES string of the molecule is CC.Cn1cccc1-c1cc2cccnc2[nH]1.O=CN1CCN(C2=CC=C(O)C=CC2)CC1. The molecular formula is C26H33N5O2. The number of hydrogen-bond donors (Lipinski definition) is 2. The number of hydrogen-bond acceptors (Lipinski definition) is 4. The van der Waals surface area contributed by atoms with Crippen molar-refractivity contribution in [1.82, 2.24) is 24.3 Å². The van der Waals surface area contributed by atoms with Crippen LogP contribution in [0.4, 0.5) is 0 Å². The molecule has 1 saturated heterocycles. The van der Waals surface area contributed by atoms with Gasteiger partial charge in [0.15, 0.2) is 0 Å². The summed E-state index contributed by atoms with van der Waals surface area (Å²) in [6.07, 6.45) is 12.9. The van der Waals surface area contributed by atoms with Gasteiger partial charge in [0.25, 0.3) is 0 Å². The smallest absolute Gasteiger partial charge is 0.209 e. The summed E-state index contributed by atoms with van der Waals surface area (Å²) in [6.45, 7) is 7.29. The zero-order valence-corrected chi connectivity index (χ0v) is 19.6. The zero-order valence-electron chi connectivity index (χ0n) is 19.6. The average Bonchev–Trinajstić information content (AvgIpc) is 3.42. The van der Waals surface area contributed by atoms with Gasteiger partial charge < -0.3 is 24.5 Å². The molecule has 2 aliphatic rings. The third-order valence-corrected chi connectivity index (χ3v) is 5.54. The Bertz CT molecular complexity index is 1100. The standard InChI is InChI=1S/C12H11N3.C12H16N2O2.C2H6/c1-15-7-3-5-11(15)10-8-9-4-2-6-13-12(9)14-10;15-10-13-6-8-14(9-7-13)11-2-1-3-12(16)5-4-11;1-2/h2-8H,1H3,(H,13,14);1,3-5,10,16H,2,6-9H2;1-2H3. The Morgan fingerprint density at radius 3 is 2.55 bits per heavy atom. The molecule has 0 bridgehead atoms. The molecule has 33 heavy (non-hydrogen) atoms. The number of carbonyl (C=O) groups excluding carboxylic acids is 1. The van der Waals surface area contributed by atoms with Crippen LogP contribution in [0.25, 0.3) is 22.4 Å². The number of carbonyl (C=O) groups is 1. The molecule has 3 aromatic rings. The maximum Gasteiger partial charge on any atom is 0.209 e. The number of nitrogens with one attached hydrogen (secondary N) is 1. The minimum atomic E-state index is 0.293. The lowest BCUT2D eigenvalue weighted by atomic mass is 10.2. The molecule has 1 aliphatic heterocycles. The van der Waals surface area contributed by atoms with E-state index < -0.39 is 0 Å². The van der Waals surface area contributed by atoms with Crippen LogP contribution in [0.15, 0.2) is 78.5 Å². The van der Waals surface area contributed by atoms with Gasteiger partial charge in [-0.25, -0.2) is 4.98 Å². The van der Waals surface area contributed by atoms with Crippen molar-refractivity contribution in [2.45, 2.75) is 20.3 Å². The minimum absolute atomic E-state index is 0.293. The number of H-pyrrole nitrogens is 1. The van der Waals surface area contributed by atoms with Crippen molar-refractivity contribution in [3.05, 3.63) is 78.5 Å². The summed E-state index contributed by atoms with van der Waals surface area (Å²) in [4.78, 5) is 22.2. The number of fused-ring (bicyclic) bond motifs is 1. The van der Waals surface area contributed by atoms with Crippen LogP contribution in [0.3, 0.4) is 0 Å². The van der Waals surface area contributed by atoms with Gasteiger partial charge in [-0.15, -0.1) is 0 Å². The van der Waals surface area contributed by atoms with Crippen LogP contribution >= 0.6 is 0 Å². The van der Waals surface area contributed by atoms with Gasteiger partial charge >= 0.3 is 0 Å². The number of aromatic nitrogens is 3. The molecule has 1 aliphatic carbocycles. The van der Waals surface area contributed by atoms with E-state index in [-0.39, 0.29) is 0 Å². The largest absolute Gasteiger partial charge is 0.508 e. The second-order valence-electron chi connectivity index (χ2n) is 7.61. The van der Waals surface area contributed by atoms with Gasteiger partial charge in [0, 0.05) is 63.1 Å². The van der Waals surface area contributed by atoms with E-state index in [4.69, 9.17) is 0 Å². The fraction of sp³-hybridized carbons (Fsp3) is 0.308. The zero-order chi connectivity index (χ0) is 23.6. The summed E-state index contributed by atoms with van der Waals surface area (Å²) in [5, 5.41) is 10.5. The molecule has 0 saturated carbocycles. The van der Waals surface area contributed by atoms with Gasteiger partial charge in [0.2, 0.25) is 6.41 Å². The van der Waals surface area contributed by atoms with Crippen LogP contribution < -0.4 is 0 Å². The first-order valence-electron chi connectivity index (χ1n) is 11.4. The molecule has 0 radical (unpaired) electrons. The van der Waals surface area contributed by atoms with Crippen LogP contribution in [0.5, 0.6) is 0 Å². The van der Waals surface area contributed by atoms with Gasteiger partial charge in [0.05, 0.1) is 11.4 Å². The van der Waals surface area contributed by atoms with Gasteiger partial charge in [-0.05, 0) is 48.6 Å². The van der Waals surface area contributed by atoms with E-state index in [1.54, 1.807) is 23.2 Å². The molecule has 3 aromatic heterocycles. The van der Waals surface area contributed by atoms with E-state index in [1.807, 2.05) is 51.4 Å². The maximum atomic E-state index is 10.6. The number of allylic oxidation sites excluding steroid dienone is 4. The number of rotatable bonds is 3. The number of aliphatic hydroxyl groups is 1. The van der Waals surface area contributed by atoms with Gasteiger partial charge in [-0.2, -0.15) is 0 Å². The topological polar surface area (TPSA) is 77.4 Å². The van der Waals surface area contributed by atoms with Crippen molar-refractivity contribution >= 4 is 17.4 Å². The Labute approximate surface area is 195 Å². The van der Waals surface area contributed by atoms with Crippen LogP contribution in [0.1, 0.15) is 20.3 Å². The molecule has 7 nitrogen and oxygen atoms in total. The normalized spacial score (nSPS) is 15.5. The Morgan fingerprint density at radius 2 is 1.88 bits per heavy atom. The summed E-state index contributed by atoms with van der Waals surface area (Å²) in [7, 11) is 2.04. The Hall–Kier alpha value is -3.74. The Kier molecular flexibility index (Phi) is 8.52. The molecule has 5 rings (SSSR count). The monoisotopic (exact) mass is 447 g/mol. The number of nitrogens with zero attached hydrogens (tertiary/aromatic N) is 4. The molecule has 0 aromatic carbocycles. The predicted molar refractivity (Wildman–Crippen MR) is 134 cm³/mol. The summed E-state index contributed by atoms with van der Waals surface area (Å²) in [5.74, 6) is 0.293. The maximum absolute atomic E-state index is 10.6. The highest BCUT2D eigenvalue weighted by atomic mass is 16.3. The fourth-order valence-corrected chi connectivity index (χ4v) is 3.79. The molecule has 174 valence electrons. The van der Waals surface area contributed by atoms with Crippen molar-refractivity contribution in [3.8, 4) is 11.4 Å². The second kappa shape index (κ2) is 11.8. The summed E-state index contributed by atoms with van der Waals surface area (Å²) in [5.41, 5.74) is 4.42. The molecule has 7 heteroatoms. The molecule has 1 amide bonds. The molecule has 4 heterocycles. The predicted octanol–water partition coefficient (Wildman–Crippen LogP) is 4.64. The molecule has 1 fully saturated rings. The number of aliphatic hydroxyl groups excluding tert-OH is 1. The third-order valence-electron chi connectivity index (χ3n) is 5.54. The van der Waals surface area contributed by atoms with Crippen LogP contribution in [-0.4, -0.2) is 62.0 Å². The van der Waals surface area contributed by atoms with Crippen LogP contribution in [0.2, 0.25) is 0 Å². The van der Waals surface area contributed by atoms with Crippen molar-refractivity contribution in [2.24, 2.45) is 7.05 Å². The second-order valence-corrected chi connectivity index (χ2v) is 7.61. The number of amides is 1. The van der Waals surface area contributed by atoms with Crippen LogP contribution in [0, 0.1) is 0 Å². The molecule has 0 spiro atoms. The van der Waals surface area contributed by atoms with Crippen molar-refractivity contribution in [3.63, 3.8) is 0 Å². The third kappa shape index (κ3) is 6.16. The lowest BCUT2D eigenvalue weighted by Crippen LogP contribution is -2.44. The average molecular weight is 448 g/mol. The number of aromatic amines is 1. The first kappa shape index (κ1) is 23.9. The summed E-state index contributed by atoms with van der Waals surface area (Å²) >= 11 is 0. The summed E-state index contributed by atoms with van der Waals surface area (Å²) < 4.78 is 2.09. The molecular weight excluding hydrogens is 414 g/mol. The lowest BCUT2D eigenvalue weighted by molar-refractivity contribution is -0.119. The van der Waals surface area contributed by atoms with Crippen LogP contribution in [-0.2, 0) is 11.8 Å². The Balaban J connectivity index is 0.000000173. The first-order chi connectivity index (χ1) is 16.1. The van der Waals surface area contributed by atoms with Gasteiger partial charge in [0.1, 0.15) is 11.4 Å². The Morgan fingerprint density at radius 1 is 1.09 bits per heavy atom. The highest BCUT2D eigenvalue weighted by molar-refractivity contribution is 5.82. The number of piperazine rings is 1. The van der Waals surface area contributed by atoms with Crippen molar-refractivity contribution < 1.29 is 9.90 Å². The van der Waals surface area contributed by atoms with E-state index >= 15 is 0 Å². The minimum Gasteiger partial charge on any atom is -0.508 e. The number of aryl methyl sites for hydroxylation is 1. The molecule has 0 unspecified atom stereocenters.